The molecule has 138 valence electrons. The molecule has 0 aromatic heterocycles. The van der Waals surface area contributed by atoms with Gasteiger partial charge in [-0.15, -0.1) is 0 Å². The van der Waals surface area contributed by atoms with Crippen molar-refractivity contribution in [2.75, 3.05) is 20.3 Å². The number of hydrazone groups is 1. The highest BCUT2D eigenvalue weighted by Gasteiger charge is 2.11. The SMILES string of the molecule is CCOc1c(Cl)cc(/C=N/NC(=O)COc2ccccc2F)cc1OC. The summed E-state index contributed by atoms with van der Waals surface area (Å²) >= 11 is 6.16. The Hall–Kier alpha value is -2.80. The van der Waals surface area contributed by atoms with E-state index in [1.165, 1.54) is 31.5 Å². The van der Waals surface area contributed by atoms with Gasteiger partial charge in [0.15, 0.2) is 29.7 Å². The normalized spacial score (nSPS) is 10.6. The molecule has 1 amide bonds. The maximum atomic E-state index is 13.4. The molecule has 2 rings (SSSR count). The summed E-state index contributed by atoms with van der Waals surface area (Å²) < 4.78 is 29.1. The molecule has 1 N–H and O–H groups in total. The van der Waals surface area contributed by atoms with Gasteiger partial charge in [-0.05, 0) is 36.8 Å². The van der Waals surface area contributed by atoms with Crippen molar-refractivity contribution in [3.8, 4) is 17.2 Å². The molecule has 26 heavy (non-hydrogen) atoms. The van der Waals surface area contributed by atoms with Crippen LogP contribution in [0.15, 0.2) is 41.5 Å². The Kier molecular flexibility index (Phi) is 7.23. The maximum Gasteiger partial charge on any atom is 0.277 e. The number of methoxy groups -OCH3 is 1. The fourth-order valence-electron chi connectivity index (χ4n) is 2.01. The van der Waals surface area contributed by atoms with Gasteiger partial charge in [-0.2, -0.15) is 5.10 Å². The van der Waals surface area contributed by atoms with Crippen molar-refractivity contribution in [3.05, 3.63) is 52.8 Å². The molecule has 0 saturated carbocycles. The van der Waals surface area contributed by atoms with E-state index in [-0.39, 0.29) is 12.4 Å². The minimum Gasteiger partial charge on any atom is -0.493 e. The predicted molar refractivity (Wildman–Crippen MR) is 96.8 cm³/mol. The number of hydrogen-bond acceptors (Lipinski definition) is 5. The summed E-state index contributed by atoms with van der Waals surface area (Å²) in [6.07, 6.45) is 1.39. The molecule has 0 aliphatic rings. The van der Waals surface area contributed by atoms with E-state index in [0.717, 1.165) is 0 Å². The van der Waals surface area contributed by atoms with Gasteiger partial charge in [-0.1, -0.05) is 23.7 Å². The summed E-state index contributed by atoms with van der Waals surface area (Å²) in [5, 5.41) is 4.18. The zero-order valence-electron chi connectivity index (χ0n) is 14.3. The number of carbonyl (C=O) groups excluding carboxylic acids is 1. The first kappa shape index (κ1) is 19.5. The molecule has 0 spiro atoms. The zero-order valence-corrected chi connectivity index (χ0v) is 15.0. The van der Waals surface area contributed by atoms with E-state index in [2.05, 4.69) is 10.5 Å². The van der Waals surface area contributed by atoms with Gasteiger partial charge in [0.1, 0.15) is 0 Å². The maximum absolute atomic E-state index is 13.4. The molecule has 0 bridgehead atoms. The Morgan fingerprint density at radius 1 is 1.27 bits per heavy atom. The van der Waals surface area contributed by atoms with E-state index in [1.54, 1.807) is 18.2 Å². The lowest BCUT2D eigenvalue weighted by Gasteiger charge is -2.11. The minimum absolute atomic E-state index is 0.00494. The molecule has 0 fully saturated rings. The van der Waals surface area contributed by atoms with Crippen molar-refractivity contribution in [2.24, 2.45) is 5.10 Å². The Morgan fingerprint density at radius 3 is 2.73 bits per heavy atom. The number of nitrogens with zero attached hydrogens (tertiary/aromatic N) is 1. The van der Waals surface area contributed by atoms with Crippen LogP contribution >= 0.6 is 11.6 Å². The van der Waals surface area contributed by atoms with Crippen LogP contribution in [0.4, 0.5) is 4.39 Å². The van der Waals surface area contributed by atoms with Crippen LogP contribution in [0.5, 0.6) is 17.2 Å². The third-order valence-corrected chi connectivity index (χ3v) is 3.42. The number of para-hydroxylation sites is 1. The molecule has 6 nitrogen and oxygen atoms in total. The van der Waals surface area contributed by atoms with Gasteiger partial charge in [0.25, 0.3) is 5.91 Å². The molecule has 2 aromatic rings. The number of amides is 1. The molecule has 0 aliphatic heterocycles. The van der Waals surface area contributed by atoms with Gasteiger partial charge in [0.2, 0.25) is 0 Å². The molecular weight excluding hydrogens is 363 g/mol. The third-order valence-electron chi connectivity index (χ3n) is 3.14. The Bertz CT molecular complexity index is 799. The number of rotatable bonds is 8. The monoisotopic (exact) mass is 380 g/mol. The summed E-state index contributed by atoms with van der Waals surface area (Å²) in [6, 6.07) is 9.11. The lowest BCUT2D eigenvalue weighted by Crippen LogP contribution is -2.24. The van der Waals surface area contributed by atoms with Crippen LogP contribution in [-0.4, -0.2) is 32.4 Å². The van der Waals surface area contributed by atoms with E-state index in [9.17, 15) is 9.18 Å². The van der Waals surface area contributed by atoms with Crippen molar-refractivity contribution >= 4 is 23.7 Å². The quantitative estimate of drug-likeness (QED) is 0.563. The first-order valence-electron chi connectivity index (χ1n) is 7.74. The van der Waals surface area contributed by atoms with Gasteiger partial charge in [0, 0.05) is 0 Å². The van der Waals surface area contributed by atoms with Crippen LogP contribution in [0.1, 0.15) is 12.5 Å². The van der Waals surface area contributed by atoms with Crippen LogP contribution in [0.3, 0.4) is 0 Å². The van der Waals surface area contributed by atoms with Gasteiger partial charge in [-0.25, -0.2) is 9.82 Å². The van der Waals surface area contributed by atoms with Crippen molar-refractivity contribution in [1.29, 1.82) is 0 Å². The van der Waals surface area contributed by atoms with Crippen LogP contribution in [-0.2, 0) is 4.79 Å². The smallest absolute Gasteiger partial charge is 0.277 e. The van der Waals surface area contributed by atoms with E-state index < -0.39 is 11.7 Å². The molecule has 0 heterocycles. The number of benzene rings is 2. The van der Waals surface area contributed by atoms with E-state index in [1.807, 2.05) is 6.92 Å². The zero-order chi connectivity index (χ0) is 18.9. The number of halogens is 2. The average Bonchev–Trinajstić information content (AvgIpc) is 2.63. The second-order valence-corrected chi connectivity index (χ2v) is 5.39. The second kappa shape index (κ2) is 9.62. The molecule has 8 heteroatoms. The van der Waals surface area contributed by atoms with Crippen molar-refractivity contribution in [3.63, 3.8) is 0 Å². The fraction of sp³-hybridized carbons (Fsp3) is 0.222. The Balaban J connectivity index is 1.94. The fourth-order valence-corrected chi connectivity index (χ4v) is 2.29. The first-order chi connectivity index (χ1) is 12.5. The molecule has 0 aliphatic carbocycles. The lowest BCUT2D eigenvalue weighted by atomic mass is 10.2. The van der Waals surface area contributed by atoms with Crippen LogP contribution in [0, 0.1) is 5.82 Å². The van der Waals surface area contributed by atoms with Crippen LogP contribution in [0.2, 0.25) is 5.02 Å². The number of ether oxygens (including phenoxy) is 3. The van der Waals surface area contributed by atoms with E-state index >= 15 is 0 Å². The van der Waals surface area contributed by atoms with E-state index in [0.29, 0.717) is 28.7 Å². The highest BCUT2D eigenvalue weighted by atomic mass is 35.5. The second-order valence-electron chi connectivity index (χ2n) is 4.98. The largest absolute Gasteiger partial charge is 0.493 e. The van der Waals surface area contributed by atoms with Crippen molar-refractivity contribution in [2.45, 2.75) is 6.92 Å². The predicted octanol–water partition coefficient (Wildman–Crippen LogP) is 3.42. The standard InChI is InChI=1S/C18H18ClFN2O4/c1-3-25-18-13(19)8-12(9-16(18)24-2)10-21-22-17(23)11-26-15-7-5-4-6-14(15)20/h4-10H,3,11H2,1-2H3,(H,22,23)/b21-10+. The number of hydrogen-bond donors (Lipinski definition) is 1. The van der Waals surface area contributed by atoms with E-state index in [4.69, 9.17) is 25.8 Å². The Labute approximate surface area is 155 Å². The molecule has 0 unspecified atom stereocenters. The summed E-state index contributed by atoms with van der Waals surface area (Å²) in [4.78, 5) is 11.7. The van der Waals surface area contributed by atoms with Crippen molar-refractivity contribution < 1.29 is 23.4 Å². The lowest BCUT2D eigenvalue weighted by molar-refractivity contribution is -0.123. The van der Waals surface area contributed by atoms with Crippen molar-refractivity contribution in [1.82, 2.24) is 5.43 Å². The molecule has 0 atom stereocenters. The van der Waals surface area contributed by atoms with Crippen LogP contribution in [0.25, 0.3) is 0 Å². The van der Waals surface area contributed by atoms with Gasteiger partial charge < -0.3 is 14.2 Å². The summed E-state index contributed by atoms with van der Waals surface area (Å²) in [5.74, 6) is -0.186. The summed E-state index contributed by atoms with van der Waals surface area (Å²) in [7, 11) is 1.50. The molecule has 2 aromatic carbocycles. The highest BCUT2D eigenvalue weighted by molar-refractivity contribution is 6.32. The topological polar surface area (TPSA) is 69.2 Å². The van der Waals surface area contributed by atoms with Gasteiger partial charge >= 0.3 is 0 Å². The van der Waals surface area contributed by atoms with Gasteiger partial charge in [0.05, 0.1) is 25.0 Å². The first-order valence-corrected chi connectivity index (χ1v) is 8.12. The Morgan fingerprint density at radius 2 is 2.04 bits per heavy atom. The minimum atomic E-state index is -0.542. The molecular formula is C18H18ClFN2O4. The highest BCUT2D eigenvalue weighted by Crippen LogP contribution is 2.35. The summed E-state index contributed by atoms with van der Waals surface area (Å²) in [5.41, 5.74) is 2.89. The molecule has 0 saturated heterocycles. The molecule has 0 radical (unpaired) electrons. The third kappa shape index (κ3) is 5.35. The van der Waals surface area contributed by atoms with Crippen LogP contribution < -0.4 is 19.6 Å². The summed E-state index contributed by atoms with van der Waals surface area (Å²) in [6.45, 7) is 1.91. The number of nitrogens with one attached hydrogen (secondary N) is 1. The van der Waals surface area contributed by atoms with Gasteiger partial charge in [-0.3, -0.25) is 4.79 Å². The average molecular weight is 381 g/mol. The number of carbonyl (C=O) groups is 1.